The van der Waals surface area contributed by atoms with Gasteiger partial charge in [0.2, 0.25) is 0 Å². The lowest BCUT2D eigenvalue weighted by Crippen LogP contribution is -2.63. The van der Waals surface area contributed by atoms with E-state index in [1.165, 1.54) is 6.92 Å². The maximum atomic E-state index is 13.1. The third kappa shape index (κ3) is 5.66. The fourth-order valence-electron chi connectivity index (χ4n) is 4.85. The monoisotopic (exact) mass is 530 g/mol. The molecule has 1 unspecified atom stereocenters. The molecular formula is C26H34N4O6S. The molecule has 2 heterocycles. The first-order valence-corrected chi connectivity index (χ1v) is 13.8. The summed E-state index contributed by atoms with van der Waals surface area (Å²) in [7, 11) is -2.36. The van der Waals surface area contributed by atoms with Crippen LogP contribution in [0.25, 0.3) is 16.3 Å². The number of sulfonamides is 1. The van der Waals surface area contributed by atoms with Crippen LogP contribution in [0.3, 0.4) is 0 Å². The minimum absolute atomic E-state index is 0.215. The highest BCUT2D eigenvalue weighted by Crippen LogP contribution is 2.29. The Hall–Kier alpha value is -2.56. The predicted octanol–water partition coefficient (Wildman–Crippen LogP) is 0.983. The summed E-state index contributed by atoms with van der Waals surface area (Å²) < 4.78 is 33.7. The maximum absolute atomic E-state index is 13.1. The number of aliphatic hydroxyl groups excluding tert-OH is 3. The van der Waals surface area contributed by atoms with E-state index < -0.39 is 45.6 Å². The van der Waals surface area contributed by atoms with Crippen molar-refractivity contribution >= 4 is 32.1 Å². The van der Waals surface area contributed by atoms with Crippen molar-refractivity contribution in [3.8, 4) is 6.07 Å². The molecule has 4 N–H and O–H groups in total. The van der Waals surface area contributed by atoms with Gasteiger partial charge < -0.3 is 29.9 Å². The summed E-state index contributed by atoms with van der Waals surface area (Å²) in [6.45, 7) is 7.13. The Bertz CT molecular complexity index is 1320. The number of hydrogen-bond donors (Lipinski definition) is 4. The Morgan fingerprint density at radius 3 is 2.38 bits per heavy atom. The fraction of sp³-hybridized carbons (Fsp3) is 0.500. The summed E-state index contributed by atoms with van der Waals surface area (Å²) in [6.07, 6.45) is -5.22. The molecule has 2 aliphatic heterocycles. The number of fused-ring (bicyclic) bond motifs is 1. The molecule has 5 atom stereocenters. The van der Waals surface area contributed by atoms with E-state index in [-0.39, 0.29) is 5.57 Å². The normalized spacial score (nSPS) is 28.1. The van der Waals surface area contributed by atoms with E-state index in [1.54, 1.807) is 19.1 Å². The van der Waals surface area contributed by atoms with Crippen LogP contribution in [0.2, 0.25) is 0 Å². The molecule has 0 amide bonds. The van der Waals surface area contributed by atoms with Crippen LogP contribution in [0.5, 0.6) is 0 Å². The van der Waals surface area contributed by atoms with Crippen LogP contribution in [0.4, 0.5) is 5.69 Å². The highest BCUT2D eigenvalue weighted by atomic mass is 32.2. The summed E-state index contributed by atoms with van der Waals surface area (Å²) in [5, 5.41) is 42.5. The van der Waals surface area contributed by atoms with Crippen molar-refractivity contribution in [3.05, 3.63) is 46.9 Å². The third-order valence-electron chi connectivity index (χ3n) is 7.25. The van der Waals surface area contributed by atoms with Crippen molar-refractivity contribution in [2.75, 3.05) is 38.1 Å². The number of allylic oxidation sites excluding steroid dienone is 2. The molecule has 11 heteroatoms. The zero-order chi connectivity index (χ0) is 26.9. The number of anilines is 1. The first kappa shape index (κ1) is 27.5. The van der Waals surface area contributed by atoms with Crippen LogP contribution in [0.15, 0.2) is 41.3 Å². The van der Waals surface area contributed by atoms with E-state index in [1.807, 2.05) is 24.3 Å². The number of rotatable bonds is 6. The van der Waals surface area contributed by atoms with Crippen LogP contribution in [-0.4, -0.2) is 92.5 Å². The fourth-order valence-corrected chi connectivity index (χ4v) is 6.23. The Balaban J connectivity index is 1.60. The highest BCUT2D eigenvalue weighted by Gasteiger charge is 2.45. The van der Waals surface area contributed by atoms with Crippen molar-refractivity contribution < 1.29 is 28.5 Å². The van der Waals surface area contributed by atoms with Gasteiger partial charge in [-0.2, -0.15) is 9.98 Å². The molecular weight excluding hydrogens is 496 g/mol. The van der Waals surface area contributed by atoms with Gasteiger partial charge in [-0.25, -0.2) is 8.42 Å². The van der Waals surface area contributed by atoms with Gasteiger partial charge in [-0.3, -0.25) is 0 Å². The number of benzene rings is 2. The van der Waals surface area contributed by atoms with Crippen molar-refractivity contribution in [3.63, 3.8) is 0 Å². The molecule has 2 saturated heterocycles. The van der Waals surface area contributed by atoms with Gasteiger partial charge >= 0.3 is 0 Å². The Morgan fingerprint density at radius 2 is 1.73 bits per heavy atom. The van der Waals surface area contributed by atoms with Gasteiger partial charge in [-0.15, -0.1) is 0 Å². The van der Waals surface area contributed by atoms with Gasteiger partial charge in [0.1, 0.15) is 24.3 Å². The Labute approximate surface area is 217 Å². The molecule has 0 aromatic heterocycles. The summed E-state index contributed by atoms with van der Waals surface area (Å²) in [5.41, 5.74) is 1.89. The van der Waals surface area contributed by atoms with Crippen LogP contribution >= 0.6 is 0 Å². The topological polar surface area (TPSA) is 146 Å². The minimum atomic E-state index is -4.47. The first-order valence-electron chi connectivity index (χ1n) is 12.4. The van der Waals surface area contributed by atoms with Gasteiger partial charge in [0.05, 0.1) is 6.10 Å². The zero-order valence-electron chi connectivity index (χ0n) is 21.2. The van der Waals surface area contributed by atoms with Gasteiger partial charge in [0.15, 0.2) is 11.2 Å². The highest BCUT2D eigenvalue weighted by molar-refractivity contribution is 7.93. The number of likely N-dealkylation sites (N-methyl/N-ethyl adjacent to an activating group) is 1. The second kappa shape index (κ2) is 11.0. The lowest BCUT2D eigenvalue weighted by atomic mass is 9.96. The van der Waals surface area contributed by atoms with E-state index >= 15 is 0 Å². The molecule has 10 nitrogen and oxygen atoms in total. The van der Waals surface area contributed by atoms with Crippen molar-refractivity contribution in [2.24, 2.45) is 0 Å². The Morgan fingerprint density at radius 1 is 1.08 bits per heavy atom. The van der Waals surface area contributed by atoms with E-state index in [4.69, 9.17) is 4.74 Å². The van der Waals surface area contributed by atoms with Gasteiger partial charge in [-0.1, -0.05) is 25.1 Å². The molecule has 0 radical (unpaired) electrons. The first-order chi connectivity index (χ1) is 17.6. The summed E-state index contributed by atoms with van der Waals surface area (Å²) >= 11 is 0. The molecule has 0 aliphatic carbocycles. The zero-order valence-corrected chi connectivity index (χ0v) is 22.0. The molecule has 0 saturated carbocycles. The number of nitrogens with zero attached hydrogens (tertiary/aromatic N) is 3. The van der Waals surface area contributed by atoms with Crippen LogP contribution in [0, 0.1) is 11.3 Å². The van der Waals surface area contributed by atoms with Gasteiger partial charge in [0.25, 0.3) is 10.0 Å². The lowest BCUT2D eigenvalue weighted by Gasteiger charge is -2.40. The second-order valence-electron chi connectivity index (χ2n) is 9.70. The van der Waals surface area contributed by atoms with Gasteiger partial charge in [-0.05, 0) is 60.5 Å². The van der Waals surface area contributed by atoms with Crippen molar-refractivity contribution in [1.29, 1.82) is 5.26 Å². The largest absolute Gasteiger partial charge is 0.388 e. The average molecular weight is 531 g/mol. The van der Waals surface area contributed by atoms with E-state index in [0.717, 1.165) is 42.6 Å². The Kier molecular flexibility index (Phi) is 8.20. The standard InChI is InChI=1S/C26H34N4O6S/c1-4-21-24(31)25(32)23(26(33)36-21)28-37(34,35)22(15-27)16(2)17-5-6-19-14-20(8-7-18(19)13-17)30-11-9-29(3)10-12-30/h5-8,13-14,21,23-26,28,31-33H,4,9-12H2,1-3H3/b22-16+/t21-,23-,24-,25-,26?/m1/s1. The molecule has 2 aromatic rings. The van der Waals surface area contributed by atoms with E-state index in [9.17, 15) is 29.0 Å². The summed E-state index contributed by atoms with van der Waals surface area (Å²) in [4.78, 5) is 4.08. The maximum Gasteiger partial charge on any atom is 0.251 e. The van der Waals surface area contributed by atoms with Crippen molar-refractivity contribution in [1.82, 2.24) is 9.62 Å². The molecule has 0 bridgehead atoms. The summed E-state index contributed by atoms with van der Waals surface area (Å²) in [5.74, 6) is 0. The second-order valence-corrected chi connectivity index (χ2v) is 11.4. The van der Waals surface area contributed by atoms with Crippen molar-refractivity contribution in [2.45, 2.75) is 50.9 Å². The number of aliphatic hydroxyl groups is 3. The molecule has 0 spiro atoms. The number of piperazine rings is 1. The number of ether oxygens (including phenoxy) is 1. The molecule has 2 aliphatic rings. The number of hydrogen-bond acceptors (Lipinski definition) is 9. The van der Waals surface area contributed by atoms with Crippen LogP contribution in [0.1, 0.15) is 25.8 Å². The number of nitriles is 1. The third-order valence-corrected chi connectivity index (χ3v) is 8.77. The molecule has 2 aromatic carbocycles. The van der Waals surface area contributed by atoms with Crippen LogP contribution < -0.4 is 9.62 Å². The SMILES string of the molecule is CC[C@H]1OC(O)[C@H](NS(=O)(=O)/C(C#N)=C(\C)c2ccc3cc(N4CCN(C)CC4)ccc3c2)[C@@H](O)[C@@H]1O. The minimum Gasteiger partial charge on any atom is -0.388 e. The van der Waals surface area contributed by atoms with Gasteiger partial charge in [0, 0.05) is 31.9 Å². The van der Waals surface area contributed by atoms with E-state index in [2.05, 4.69) is 27.6 Å². The number of nitrogens with one attached hydrogen (secondary N) is 1. The average Bonchev–Trinajstić information content (AvgIpc) is 2.88. The quantitative estimate of drug-likeness (QED) is 0.402. The lowest BCUT2D eigenvalue weighted by molar-refractivity contribution is -0.244. The molecule has 4 rings (SSSR count). The molecule has 2 fully saturated rings. The van der Waals surface area contributed by atoms with Crippen LogP contribution in [-0.2, 0) is 14.8 Å². The summed E-state index contributed by atoms with van der Waals surface area (Å²) in [6, 6.07) is 11.8. The molecule has 200 valence electrons. The molecule has 37 heavy (non-hydrogen) atoms. The smallest absolute Gasteiger partial charge is 0.251 e. The van der Waals surface area contributed by atoms with E-state index in [0.29, 0.717) is 12.0 Å². The predicted molar refractivity (Wildman–Crippen MR) is 141 cm³/mol.